The minimum absolute atomic E-state index is 0.151. The van der Waals surface area contributed by atoms with E-state index in [1.54, 1.807) is 24.3 Å². The fourth-order valence-corrected chi connectivity index (χ4v) is 4.52. The van der Waals surface area contributed by atoms with Crippen LogP contribution in [0.5, 0.6) is 17.2 Å². The van der Waals surface area contributed by atoms with E-state index < -0.39 is 5.82 Å². The Balaban J connectivity index is 1.42. The molecule has 0 spiro atoms. The molecule has 0 radical (unpaired) electrons. The van der Waals surface area contributed by atoms with E-state index in [9.17, 15) is 9.18 Å². The van der Waals surface area contributed by atoms with Gasteiger partial charge in [-0.3, -0.25) is 4.79 Å². The van der Waals surface area contributed by atoms with Crippen molar-refractivity contribution in [2.24, 2.45) is 0 Å². The summed E-state index contributed by atoms with van der Waals surface area (Å²) in [6.45, 7) is 2.55. The van der Waals surface area contributed by atoms with Gasteiger partial charge in [-0.1, -0.05) is 33.6 Å². The highest BCUT2D eigenvalue weighted by Crippen LogP contribution is 2.41. The second kappa shape index (κ2) is 8.82. The molecule has 0 N–H and O–H groups in total. The summed E-state index contributed by atoms with van der Waals surface area (Å²) in [6.07, 6.45) is 1.68. The van der Waals surface area contributed by atoms with Crippen molar-refractivity contribution in [3.05, 3.63) is 91.4 Å². The van der Waals surface area contributed by atoms with Crippen LogP contribution in [0.25, 0.3) is 6.08 Å². The maximum absolute atomic E-state index is 13.3. The Hall–Kier alpha value is -2.87. The van der Waals surface area contributed by atoms with Gasteiger partial charge in [0.15, 0.2) is 12.6 Å². The molecule has 0 amide bonds. The van der Waals surface area contributed by atoms with Crippen molar-refractivity contribution >= 4 is 39.4 Å². The standard InChI is InChI=1S/C25H17BrClFO5/c1-13-21(31-11-14-2-3-18(28)9-20(14)27)5-4-19-23(29)22(33-24(13)19)8-15-6-17(26)7-16-10-30-12-32-25(15)16/h2-9H,10-12H2,1H3/b22-8-. The van der Waals surface area contributed by atoms with Gasteiger partial charge >= 0.3 is 0 Å². The van der Waals surface area contributed by atoms with Crippen molar-refractivity contribution < 1.29 is 28.1 Å². The van der Waals surface area contributed by atoms with Gasteiger partial charge < -0.3 is 18.9 Å². The van der Waals surface area contributed by atoms with Crippen LogP contribution in [0.1, 0.15) is 32.6 Å². The molecule has 3 aromatic rings. The third-order valence-corrected chi connectivity index (χ3v) is 6.23. The van der Waals surface area contributed by atoms with E-state index in [1.165, 1.54) is 12.1 Å². The van der Waals surface area contributed by atoms with Crippen LogP contribution in [-0.2, 0) is 18.0 Å². The largest absolute Gasteiger partial charge is 0.488 e. The zero-order valence-corrected chi connectivity index (χ0v) is 19.8. The number of benzene rings is 3. The lowest BCUT2D eigenvalue weighted by molar-refractivity contribution is -0.0165. The molecular weight excluding hydrogens is 515 g/mol. The van der Waals surface area contributed by atoms with Crippen molar-refractivity contribution in [3.8, 4) is 17.2 Å². The molecule has 0 unspecified atom stereocenters. The number of ether oxygens (including phenoxy) is 4. The van der Waals surface area contributed by atoms with Gasteiger partial charge in [-0.25, -0.2) is 4.39 Å². The predicted octanol–water partition coefficient (Wildman–Crippen LogP) is 6.61. The zero-order valence-electron chi connectivity index (χ0n) is 17.4. The van der Waals surface area contributed by atoms with Crippen molar-refractivity contribution in [3.63, 3.8) is 0 Å². The van der Waals surface area contributed by atoms with E-state index in [4.69, 9.17) is 30.5 Å². The topological polar surface area (TPSA) is 54.0 Å². The van der Waals surface area contributed by atoms with Crippen LogP contribution in [0.15, 0.2) is 52.7 Å². The first-order valence-corrected chi connectivity index (χ1v) is 11.3. The van der Waals surface area contributed by atoms with E-state index in [-0.39, 0.29) is 30.0 Å². The van der Waals surface area contributed by atoms with Crippen molar-refractivity contribution in [1.82, 2.24) is 0 Å². The number of allylic oxidation sites excluding steroid dienone is 1. The van der Waals surface area contributed by atoms with Gasteiger partial charge in [-0.05, 0) is 49.4 Å². The predicted molar refractivity (Wildman–Crippen MR) is 124 cm³/mol. The lowest BCUT2D eigenvalue weighted by atomic mass is 10.0. The number of fused-ring (bicyclic) bond motifs is 2. The third-order valence-electron chi connectivity index (χ3n) is 5.43. The van der Waals surface area contributed by atoms with Crippen LogP contribution in [0, 0.1) is 12.7 Å². The molecule has 0 saturated heterocycles. The number of ketones is 1. The summed E-state index contributed by atoms with van der Waals surface area (Å²) in [4.78, 5) is 13.0. The molecule has 0 saturated carbocycles. The first-order valence-electron chi connectivity index (χ1n) is 10.1. The fourth-order valence-electron chi connectivity index (χ4n) is 3.78. The van der Waals surface area contributed by atoms with E-state index in [0.717, 1.165) is 15.6 Å². The first-order chi connectivity index (χ1) is 15.9. The molecule has 0 bridgehead atoms. The molecule has 2 aliphatic rings. The zero-order chi connectivity index (χ0) is 23.1. The number of hydrogen-bond acceptors (Lipinski definition) is 5. The molecule has 3 aromatic carbocycles. The first kappa shape index (κ1) is 21.9. The van der Waals surface area contributed by atoms with Crippen molar-refractivity contribution in [1.29, 1.82) is 0 Å². The van der Waals surface area contributed by atoms with Gasteiger partial charge in [0.05, 0.1) is 17.2 Å². The second-order valence-corrected chi connectivity index (χ2v) is 8.95. The Morgan fingerprint density at radius 3 is 2.85 bits per heavy atom. The highest BCUT2D eigenvalue weighted by atomic mass is 79.9. The average molecular weight is 532 g/mol. The Bertz CT molecular complexity index is 1320. The molecule has 8 heteroatoms. The maximum atomic E-state index is 13.3. The van der Waals surface area contributed by atoms with Crippen LogP contribution in [-0.4, -0.2) is 12.6 Å². The summed E-state index contributed by atoms with van der Waals surface area (Å²) >= 11 is 9.58. The van der Waals surface area contributed by atoms with Crippen LogP contribution in [0.4, 0.5) is 4.39 Å². The van der Waals surface area contributed by atoms with Crippen molar-refractivity contribution in [2.45, 2.75) is 20.1 Å². The molecule has 168 valence electrons. The number of halogens is 3. The molecule has 2 aliphatic heterocycles. The summed E-state index contributed by atoms with van der Waals surface area (Å²) < 4.78 is 37.0. The van der Waals surface area contributed by atoms with Gasteiger partial charge in [0, 0.05) is 26.7 Å². The Kier molecular flexibility index (Phi) is 5.86. The number of Topliss-reactive ketones (excluding diaryl/α,β-unsaturated/α-hetero) is 1. The smallest absolute Gasteiger partial charge is 0.231 e. The highest BCUT2D eigenvalue weighted by molar-refractivity contribution is 9.10. The van der Waals surface area contributed by atoms with Gasteiger partial charge in [0.1, 0.15) is 29.7 Å². The van der Waals surface area contributed by atoms with Crippen LogP contribution in [0.2, 0.25) is 5.02 Å². The summed E-state index contributed by atoms with van der Waals surface area (Å²) in [5.41, 5.74) is 3.40. The normalized spacial score (nSPS) is 15.6. The van der Waals surface area contributed by atoms with Crippen molar-refractivity contribution in [2.75, 3.05) is 6.79 Å². The molecule has 33 heavy (non-hydrogen) atoms. The van der Waals surface area contributed by atoms with E-state index in [0.29, 0.717) is 40.5 Å². The summed E-state index contributed by atoms with van der Waals surface area (Å²) in [5.74, 6) is 1.23. The van der Waals surface area contributed by atoms with E-state index >= 15 is 0 Å². The molecule has 2 heterocycles. The summed E-state index contributed by atoms with van der Waals surface area (Å²) in [6, 6.07) is 11.3. The van der Waals surface area contributed by atoms with Gasteiger partial charge in [-0.2, -0.15) is 0 Å². The molecule has 0 aromatic heterocycles. The Labute approximate surface area is 202 Å². The average Bonchev–Trinajstić information content (AvgIpc) is 3.10. The van der Waals surface area contributed by atoms with Crippen LogP contribution >= 0.6 is 27.5 Å². The van der Waals surface area contributed by atoms with Gasteiger partial charge in [0.25, 0.3) is 0 Å². The van der Waals surface area contributed by atoms with Crippen LogP contribution < -0.4 is 14.2 Å². The lowest BCUT2D eigenvalue weighted by Crippen LogP contribution is -2.12. The van der Waals surface area contributed by atoms with Crippen LogP contribution in [0.3, 0.4) is 0 Å². The minimum Gasteiger partial charge on any atom is -0.488 e. The SMILES string of the molecule is Cc1c(OCc2ccc(F)cc2Cl)ccc2c1O/C(=C\c1cc(Br)cc3c1OCOC3)C2=O. The van der Waals surface area contributed by atoms with E-state index in [2.05, 4.69) is 15.9 Å². The molecule has 5 rings (SSSR count). The molecule has 5 nitrogen and oxygen atoms in total. The summed E-state index contributed by atoms with van der Waals surface area (Å²) in [5, 5.41) is 0.287. The minimum atomic E-state index is -0.409. The lowest BCUT2D eigenvalue weighted by Gasteiger charge is -2.20. The molecular formula is C25H17BrClFO5. The molecule has 0 atom stereocenters. The fraction of sp³-hybridized carbons (Fsp3) is 0.160. The number of rotatable bonds is 4. The number of hydrogen-bond donors (Lipinski definition) is 0. The maximum Gasteiger partial charge on any atom is 0.231 e. The van der Waals surface area contributed by atoms with Gasteiger partial charge in [0.2, 0.25) is 5.78 Å². The Morgan fingerprint density at radius 1 is 1.18 bits per heavy atom. The Morgan fingerprint density at radius 2 is 2.03 bits per heavy atom. The number of carbonyl (C=O) groups is 1. The third kappa shape index (κ3) is 4.24. The summed E-state index contributed by atoms with van der Waals surface area (Å²) in [7, 11) is 0. The number of carbonyl (C=O) groups excluding carboxylic acids is 1. The quantitative estimate of drug-likeness (QED) is 0.355. The molecule has 0 fully saturated rings. The second-order valence-electron chi connectivity index (χ2n) is 7.62. The molecule has 0 aliphatic carbocycles. The van der Waals surface area contributed by atoms with E-state index in [1.807, 2.05) is 19.1 Å². The van der Waals surface area contributed by atoms with Gasteiger partial charge in [-0.15, -0.1) is 0 Å². The highest BCUT2D eigenvalue weighted by Gasteiger charge is 2.31. The monoisotopic (exact) mass is 530 g/mol.